The standard InChI is InChI=1S/C13H15FN4O.2ClH/c1-18(9-2-3-15-6-9)13(19)10-4-8(14)5-11-12(10)17-7-16-11;;/h4-5,7,9,15H,2-3,6H2,1H3,(H,16,17);2*1H. The van der Waals surface area contributed by atoms with Crippen LogP contribution in [0.25, 0.3) is 11.0 Å². The van der Waals surface area contributed by atoms with Crippen molar-refractivity contribution in [3.05, 3.63) is 29.8 Å². The van der Waals surface area contributed by atoms with Crippen LogP contribution < -0.4 is 5.32 Å². The van der Waals surface area contributed by atoms with Crippen molar-refractivity contribution in [3.8, 4) is 0 Å². The topological polar surface area (TPSA) is 61.0 Å². The normalized spacial score (nSPS) is 17.1. The molecule has 1 aliphatic rings. The first-order valence-corrected chi connectivity index (χ1v) is 6.27. The molecule has 0 saturated carbocycles. The van der Waals surface area contributed by atoms with Gasteiger partial charge >= 0.3 is 0 Å². The Morgan fingerprint density at radius 2 is 2.19 bits per heavy atom. The van der Waals surface area contributed by atoms with E-state index >= 15 is 0 Å². The minimum atomic E-state index is -0.432. The van der Waals surface area contributed by atoms with Crippen molar-refractivity contribution in [2.45, 2.75) is 12.5 Å². The second-order valence-corrected chi connectivity index (χ2v) is 4.81. The first-order chi connectivity index (χ1) is 9.16. The summed E-state index contributed by atoms with van der Waals surface area (Å²) in [6, 6.07) is 2.76. The van der Waals surface area contributed by atoms with Gasteiger partial charge < -0.3 is 15.2 Å². The molecule has 1 saturated heterocycles. The Bertz CT molecular complexity index is 628. The average molecular weight is 335 g/mol. The number of hydrogen-bond donors (Lipinski definition) is 2. The molecule has 1 unspecified atom stereocenters. The second-order valence-electron chi connectivity index (χ2n) is 4.81. The summed E-state index contributed by atoms with van der Waals surface area (Å²) in [4.78, 5) is 21.1. The molecule has 2 N–H and O–H groups in total. The Kier molecular flexibility index (Phi) is 5.95. The molecule has 5 nitrogen and oxygen atoms in total. The lowest BCUT2D eigenvalue weighted by Gasteiger charge is -2.23. The van der Waals surface area contributed by atoms with E-state index in [9.17, 15) is 9.18 Å². The third-order valence-corrected chi connectivity index (χ3v) is 3.62. The highest BCUT2D eigenvalue weighted by molar-refractivity contribution is 6.04. The number of carbonyl (C=O) groups is 1. The molecule has 1 atom stereocenters. The number of carbonyl (C=O) groups excluding carboxylic acids is 1. The summed E-state index contributed by atoms with van der Waals surface area (Å²) in [7, 11) is 1.75. The molecule has 0 radical (unpaired) electrons. The van der Waals surface area contributed by atoms with Crippen LogP contribution >= 0.6 is 24.8 Å². The molecule has 2 aromatic rings. The van der Waals surface area contributed by atoms with E-state index in [0.717, 1.165) is 19.5 Å². The lowest BCUT2D eigenvalue weighted by atomic mass is 10.1. The molecule has 1 amide bonds. The number of nitrogens with zero attached hydrogens (tertiary/aromatic N) is 2. The maximum absolute atomic E-state index is 13.5. The molecule has 0 bridgehead atoms. The molecule has 2 heterocycles. The fourth-order valence-electron chi connectivity index (χ4n) is 2.50. The second kappa shape index (κ2) is 7.06. The van der Waals surface area contributed by atoms with Gasteiger partial charge in [0.25, 0.3) is 5.91 Å². The van der Waals surface area contributed by atoms with Crippen LogP contribution in [0, 0.1) is 5.82 Å². The van der Waals surface area contributed by atoms with Gasteiger partial charge in [0.2, 0.25) is 0 Å². The van der Waals surface area contributed by atoms with Gasteiger partial charge in [0, 0.05) is 19.6 Å². The van der Waals surface area contributed by atoms with Gasteiger partial charge in [0.15, 0.2) is 0 Å². The zero-order valence-corrected chi connectivity index (χ0v) is 13.1. The van der Waals surface area contributed by atoms with Crippen LogP contribution in [-0.2, 0) is 0 Å². The van der Waals surface area contributed by atoms with Crippen molar-refractivity contribution in [3.63, 3.8) is 0 Å². The van der Waals surface area contributed by atoms with Crippen molar-refractivity contribution >= 4 is 41.8 Å². The largest absolute Gasteiger partial charge is 0.344 e. The number of rotatable bonds is 2. The van der Waals surface area contributed by atoms with Crippen molar-refractivity contribution in [2.24, 2.45) is 0 Å². The Morgan fingerprint density at radius 1 is 1.43 bits per heavy atom. The third-order valence-electron chi connectivity index (χ3n) is 3.62. The maximum Gasteiger partial charge on any atom is 0.256 e. The third kappa shape index (κ3) is 3.28. The number of benzene rings is 1. The fourth-order valence-corrected chi connectivity index (χ4v) is 2.50. The molecule has 0 spiro atoms. The summed E-state index contributed by atoms with van der Waals surface area (Å²) < 4.78 is 13.5. The molecule has 1 aromatic carbocycles. The summed E-state index contributed by atoms with van der Waals surface area (Å²) in [5, 5.41) is 3.21. The fraction of sp³-hybridized carbons (Fsp3) is 0.385. The molecular formula is C13H17Cl2FN4O. The number of aromatic amines is 1. The summed E-state index contributed by atoms with van der Waals surface area (Å²) in [5.41, 5.74) is 1.37. The molecular weight excluding hydrogens is 318 g/mol. The number of imidazole rings is 1. The zero-order valence-electron chi connectivity index (χ0n) is 11.4. The van der Waals surface area contributed by atoms with E-state index in [1.807, 2.05) is 0 Å². The summed E-state index contributed by atoms with van der Waals surface area (Å²) >= 11 is 0. The zero-order chi connectivity index (χ0) is 13.4. The van der Waals surface area contributed by atoms with Crippen molar-refractivity contribution in [1.82, 2.24) is 20.2 Å². The summed E-state index contributed by atoms with van der Waals surface area (Å²) in [6.07, 6.45) is 2.39. The van der Waals surface area contributed by atoms with Crippen molar-refractivity contribution in [1.29, 1.82) is 0 Å². The molecule has 3 rings (SSSR count). The Balaban J connectivity index is 0.00000110. The number of amides is 1. The lowest BCUT2D eigenvalue weighted by molar-refractivity contribution is 0.0745. The van der Waals surface area contributed by atoms with Crippen LogP contribution in [0.5, 0.6) is 0 Å². The first-order valence-electron chi connectivity index (χ1n) is 6.27. The van der Waals surface area contributed by atoms with Gasteiger partial charge in [-0.1, -0.05) is 0 Å². The molecule has 1 aromatic heterocycles. The van der Waals surface area contributed by atoms with Gasteiger partial charge in [-0.25, -0.2) is 9.37 Å². The molecule has 21 heavy (non-hydrogen) atoms. The van der Waals surface area contributed by atoms with Gasteiger partial charge in [0.05, 0.1) is 17.4 Å². The average Bonchev–Trinajstić information content (AvgIpc) is 3.06. The Labute approximate surface area is 134 Å². The molecule has 1 aliphatic heterocycles. The van der Waals surface area contributed by atoms with E-state index in [-0.39, 0.29) is 36.8 Å². The van der Waals surface area contributed by atoms with Crippen molar-refractivity contribution in [2.75, 3.05) is 20.1 Å². The smallest absolute Gasteiger partial charge is 0.256 e. The van der Waals surface area contributed by atoms with Crippen LogP contribution in [0.15, 0.2) is 18.5 Å². The highest BCUT2D eigenvalue weighted by atomic mass is 35.5. The SMILES string of the molecule is CN(C(=O)c1cc(F)cc2[nH]cnc12)C1CCNC1.Cl.Cl. The van der Waals surface area contributed by atoms with E-state index in [2.05, 4.69) is 15.3 Å². The Hall–Kier alpha value is -1.37. The van der Waals surface area contributed by atoms with Crippen molar-refractivity contribution < 1.29 is 9.18 Å². The number of H-pyrrole nitrogens is 1. The van der Waals surface area contributed by atoms with Crippen LogP contribution in [0.2, 0.25) is 0 Å². The van der Waals surface area contributed by atoms with Gasteiger partial charge in [-0.15, -0.1) is 24.8 Å². The highest BCUT2D eigenvalue weighted by Gasteiger charge is 2.26. The number of aromatic nitrogens is 2. The van der Waals surface area contributed by atoms with Gasteiger partial charge in [-0.3, -0.25) is 4.79 Å². The predicted octanol–water partition coefficient (Wildman–Crippen LogP) is 1.98. The minimum absolute atomic E-state index is 0. The quantitative estimate of drug-likeness (QED) is 0.882. The number of halogens is 3. The van der Waals surface area contributed by atoms with E-state index in [1.54, 1.807) is 11.9 Å². The van der Waals surface area contributed by atoms with E-state index in [0.29, 0.717) is 16.6 Å². The highest BCUT2D eigenvalue weighted by Crippen LogP contribution is 2.20. The molecule has 8 heteroatoms. The minimum Gasteiger partial charge on any atom is -0.344 e. The van der Waals surface area contributed by atoms with Crippen LogP contribution in [0.3, 0.4) is 0 Å². The monoisotopic (exact) mass is 334 g/mol. The lowest BCUT2D eigenvalue weighted by Crippen LogP contribution is -2.38. The van der Waals surface area contributed by atoms with Gasteiger partial charge in [-0.05, 0) is 25.1 Å². The van der Waals surface area contributed by atoms with Crippen LogP contribution in [0.4, 0.5) is 4.39 Å². The molecule has 116 valence electrons. The predicted molar refractivity (Wildman–Crippen MR) is 83.9 cm³/mol. The van der Waals surface area contributed by atoms with Crippen LogP contribution in [-0.4, -0.2) is 47.0 Å². The maximum atomic E-state index is 13.5. The van der Waals surface area contributed by atoms with Gasteiger partial charge in [0.1, 0.15) is 11.3 Å². The summed E-state index contributed by atoms with van der Waals surface area (Å²) in [5.74, 6) is -0.622. The van der Waals surface area contributed by atoms with E-state index in [4.69, 9.17) is 0 Å². The Morgan fingerprint density at radius 3 is 2.86 bits per heavy atom. The van der Waals surface area contributed by atoms with Gasteiger partial charge in [-0.2, -0.15) is 0 Å². The number of likely N-dealkylation sites (N-methyl/N-ethyl adjacent to an activating group) is 1. The summed E-state index contributed by atoms with van der Waals surface area (Å²) in [6.45, 7) is 1.69. The molecule has 1 fully saturated rings. The number of fused-ring (bicyclic) bond motifs is 1. The van der Waals surface area contributed by atoms with Crippen LogP contribution in [0.1, 0.15) is 16.8 Å². The molecule has 0 aliphatic carbocycles. The van der Waals surface area contributed by atoms with E-state index < -0.39 is 5.82 Å². The number of hydrogen-bond acceptors (Lipinski definition) is 3. The van der Waals surface area contributed by atoms with E-state index in [1.165, 1.54) is 18.5 Å². The number of nitrogens with one attached hydrogen (secondary N) is 2. The first kappa shape index (κ1) is 17.7.